The molecule has 0 radical (unpaired) electrons. The van der Waals surface area contributed by atoms with Gasteiger partial charge in [-0.05, 0) is 30.7 Å². The topological polar surface area (TPSA) is 54.0 Å². The lowest BCUT2D eigenvalue weighted by Gasteiger charge is -2.13. The predicted octanol–water partition coefficient (Wildman–Crippen LogP) is 4.43. The fourth-order valence-electron chi connectivity index (χ4n) is 2.90. The number of carbonyl (C=O) groups is 1. The molecule has 124 valence electrons. The van der Waals surface area contributed by atoms with Crippen molar-refractivity contribution < 1.29 is 4.79 Å². The van der Waals surface area contributed by atoms with Crippen LogP contribution in [-0.2, 0) is 17.8 Å². The third-order valence-corrected chi connectivity index (χ3v) is 6.75. The first kappa shape index (κ1) is 16.4. The van der Waals surface area contributed by atoms with E-state index in [4.69, 9.17) is 4.98 Å². The van der Waals surface area contributed by atoms with Crippen LogP contribution in [0.5, 0.6) is 0 Å². The average molecular weight is 469 g/mol. The Labute approximate surface area is 161 Å². The molecule has 0 bridgehead atoms. The van der Waals surface area contributed by atoms with Gasteiger partial charge in [0.1, 0.15) is 10.0 Å². The number of nitrogens with one attached hydrogen (secondary N) is 2. The van der Waals surface area contributed by atoms with E-state index in [0.717, 1.165) is 45.0 Å². The number of halogens is 1. The Morgan fingerprint density at radius 1 is 1.33 bits per heavy atom. The average Bonchev–Trinajstić information content (AvgIpc) is 3.14. The smallest absolute Gasteiger partial charge is 0.225 e. The Hall–Kier alpha value is -1.03. The number of benzene rings is 1. The van der Waals surface area contributed by atoms with E-state index >= 15 is 0 Å². The number of para-hydroxylation sites is 1. The minimum absolute atomic E-state index is 0.0818. The van der Waals surface area contributed by atoms with Crippen LogP contribution < -0.4 is 10.6 Å². The number of aromatic nitrogens is 1. The zero-order valence-electron chi connectivity index (χ0n) is 12.9. The van der Waals surface area contributed by atoms with Crippen molar-refractivity contribution in [1.29, 1.82) is 0 Å². The molecule has 0 atom stereocenters. The second kappa shape index (κ2) is 7.07. The van der Waals surface area contributed by atoms with E-state index in [1.54, 1.807) is 22.7 Å². The SMILES string of the molecule is O=C(CCI)Nc1sc2c(c1-c1nc3ccccc3s1)CCNC2. The number of fused-ring (bicyclic) bond motifs is 2. The van der Waals surface area contributed by atoms with Gasteiger partial charge in [0.2, 0.25) is 5.91 Å². The number of thiophene rings is 1. The second-order valence-electron chi connectivity index (χ2n) is 5.61. The number of amides is 1. The van der Waals surface area contributed by atoms with Gasteiger partial charge in [-0.25, -0.2) is 4.98 Å². The van der Waals surface area contributed by atoms with Crippen molar-refractivity contribution in [3.8, 4) is 10.6 Å². The van der Waals surface area contributed by atoms with Gasteiger partial charge in [-0.1, -0.05) is 34.7 Å². The minimum atomic E-state index is 0.0818. The Kier molecular flexibility index (Phi) is 4.84. The van der Waals surface area contributed by atoms with Gasteiger partial charge in [0.15, 0.2) is 0 Å². The first-order chi connectivity index (χ1) is 11.8. The van der Waals surface area contributed by atoms with Crippen molar-refractivity contribution in [2.24, 2.45) is 0 Å². The third kappa shape index (κ3) is 3.10. The van der Waals surface area contributed by atoms with E-state index in [2.05, 4.69) is 39.3 Å². The van der Waals surface area contributed by atoms with Crippen LogP contribution in [0.1, 0.15) is 16.9 Å². The lowest BCUT2D eigenvalue weighted by molar-refractivity contribution is -0.115. The number of thiazole rings is 1. The van der Waals surface area contributed by atoms with Gasteiger partial charge in [0.05, 0.1) is 10.2 Å². The summed E-state index contributed by atoms with van der Waals surface area (Å²) in [5, 5.41) is 8.51. The Balaban J connectivity index is 1.82. The maximum Gasteiger partial charge on any atom is 0.225 e. The van der Waals surface area contributed by atoms with E-state index in [0.29, 0.717) is 6.42 Å². The standard InChI is InChI=1S/C17H16IN3OS2/c18-7-5-14(22)21-17-15(10-6-8-19-9-13(10)24-17)16-20-11-3-1-2-4-12(11)23-16/h1-4,19H,5-9H2,(H,21,22). The van der Waals surface area contributed by atoms with Crippen LogP contribution in [0.25, 0.3) is 20.8 Å². The van der Waals surface area contributed by atoms with E-state index < -0.39 is 0 Å². The number of carbonyl (C=O) groups excluding carboxylic acids is 1. The molecular weight excluding hydrogens is 453 g/mol. The van der Waals surface area contributed by atoms with Crippen LogP contribution in [0, 0.1) is 0 Å². The highest BCUT2D eigenvalue weighted by atomic mass is 127. The normalized spacial score (nSPS) is 13.9. The lowest BCUT2D eigenvalue weighted by atomic mass is 10.0. The molecule has 3 heterocycles. The van der Waals surface area contributed by atoms with Crippen molar-refractivity contribution in [2.45, 2.75) is 19.4 Å². The molecule has 0 fully saturated rings. The quantitative estimate of drug-likeness (QED) is 0.439. The maximum atomic E-state index is 12.1. The summed E-state index contributed by atoms with van der Waals surface area (Å²) in [4.78, 5) is 18.3. The van der Waals surface area contributed by atoms with Crippen LogP contribution >= 0.6 is 45.3 Å². The lowest BCUT2D eigenvalue weighted by Crippen LogP contribution is -2.22. The summed E-state index contributed by atoms with van der Waals surface area (Å²) in [5.74, 6) is 0.0818. The molecule has 24 heavy (non-hydrogen) atoms. The molecule has 1 aliphatic rings. The van der Waals surface area contributed by atoms with E-state index in [1.807, 2.05) is 18.2 Å². The molecule has 0 saturated carbocycles. The number of hydrogen-bond donors (Lipinski definition) is 2. The minimum Gasteiger partial charge on any atom is -0.317 e. The van der Waals surface area contributed by atoms with Gasteiger partial charge in [-0.3, -0.25) is 4.79 Å². The molecule has 0 unspecified atom stereocenters. The van der Waals surface area contributed by atoms with Gasteiger partial charge in [-0.15, -0.1) is 22.7 Å². The number of rotatable bonds is 4. The van der Waals surface area contributed by atoms with Crippen molar-refractivity contribution >= 4 is 66.4 Å². The van der Waals surface area contributed by atoms with E-state index in [1.165, 1.54) is 15.1 Å². The van der Waals surface area contributed by atoms with Crippen molar-refractivity contribution in [1.82, 2.24) is 10.3 Å². The van der Waals surface area contributed by atoms with Gasteiger partial charge in [-0.2, -0.15) is 0 Å². The van der Waals surface area contributed by atoms with Crippen LogP contribution in [0.4, 0.5) is 5.00 Å². The molecule has 2 aromatic heterocycles. The van der Waals surface area contributed by atoms with Gasteiger partial charge in [0, 0.05) is 27.8 Å². The molecule has 0 aliphatic carbocycles. The molecule has 7 heteroatoms. The molecular formula is C17H16IN3OS2. The number of hydrogen-bond acceptors (Lipinski definition) is 5. The van der Waals surface area contributed by atoms with Crippen LogP contribution in [0.15, 0.2) is 24.3 Å². The summed E-state index contributed by atoms with van der Waals surface area (Å²) in [7, 11) is 0. The molecule has 1 aromatic carbocycles. The van der Waals surface area contributed by atoms with Crippen molar-refractivity contribution in [2.75, 3.05) is 16.3 Å². The van der Waals surface area contributed by atoms with Crippen LogP contribution in [0.2, 0.25) is 0 Å². The summed E-state index contributed by atoms with van der Waals surface area (Å²) in [6.07, 6.45) is 1.53. The second-order valence-corrected chi connectivity index (χ2v) is 8.82. The molecule has 2 N–H and O–H groups in total. The third-order valence-electron chi connectivity index (χ3n) is 4.01. The summed E-state index contributed by atoms with van der Waals surface area (Å²) < 4.78 is 2.01. The monoisotopic (exact) mass is 469 g/mol. The van der Waals surface area contributed by atoms with Crippen molar-refractivity contribution in [3.63, 3.8) is 0 Å². The molecule has 1 amide bonds. The summed E-state index contributed by atoms with van der Waals surface area (Å²) in [5.41, 5.74) is 3.51. The summed E-state index contributed by atoms with van der Waals surface area (Å²) >= 11 is 5.63. The number of alkyl halides is 1. The molecule has 4 rings (SSSR count). The van der Waals surface area contributed by atoms with Crippen LogP contribution in [-0.4, -0.2) is 21.9 Å². The molecule has 0 saturated heterocycles. The highest BCUT2D eigenvalue weighted by Crippen LogP contribution is 2.44. The molecule has 3 aromatic rings. The summed E-state index contributed by atoms with van der Waals surface area (Å²) in [6.45, 7) is 1.85. The van der Waals surface area contributed by atoms with Crippen molar-refractivity contribution in [3.05, 3.63) is 34.7 Å². The Morgan fingerprint density at radius 3 is 3.04 bits per heavy atom. The van der Waals surface area contributed by atoms with Gasteiger partial charge < -0.3 is 10.6 Å². The fraction of sp³-hybridized carbons (Fsp3) is 0.294. The van der Waals surface area contributed by atoms with Crippen LogP contribution in [0.3, 0.4) is 0 Å². The maximum absolute atomic E-state index is 12.1. The molecule has 4 nitrogen and oxygen atoms in total. The first-order valence-electron chi connectivity index (χ1n) is 7.83. The zero-order chi connectivity index (χ0) is 16.5. The fourth-order valence-corrected chi connectivity index (χ4v) is 5.74. The Bertz CT molecular complexity index is 870. The number of nitrogens with zero attached hydrogens (tertiary/aromatic N) is 1. The van der Waals surface area contributed by atoms with Gasteiger partial charge in [0.25, 0.3) is 0 Å². The zero-order valence-corrected chi connectivity index (χ0v) is 16.7. The highest BCUT2D eigenvalue weighted by Gasteiger charge is 2.24. The van der Waals surface area contributed by atoms with E-state index in [-0.39, 0.29) is 5.91 Å². The van der Waals surface area contributed by atoms with Gasteiger partial charge >= 0.3 is 0 Å². The highest BCUT2D eigenvalue weighted by molar-refractivity contribution is 14.1. The van der Waals surface area contributed by atoms with E-state index in [9.17, 15) is 4.79 Å². The predicted molar refractivity (Wildman–Crippen MR) is 110 cm³/mol. The molecule has 1 aliphatic heterocycles. The first-order valence-corrected chi connectivity index (χ1v) is 11.0. The largest absolute Gasteiger partial charge is 0.317 e. The molecule has 0 spiro atoms. The number of anilines is 1. The summed E-state index contributed by atoms with van der Waals surface area (Å²) in [6, 6.07) is 8.21. The Morgan fingerprint density at radius 2 is 2.21 bits per heavy atom.